The molecule has 1 aromatic carbocycles. The maximum absolute atomic E-state index is 12.0. The highest BCUT2D eigenvalue weighted by molar-refractivity contribution is 7.89. The normalized spacial score (nSPS) is 15.4. The van der Waals surface area contributed by atoms with Gasteiger partial charge in [-0.3, -0.25) is 0 Å². The smallest absolute Gasteiger partial charge is 0.240 e. The van der Waals surface area contributed by atoms with Crippen LogP contribution < -0.4 is 10.0 Å². The molecule has 100 valence electrons. The van der Waals surface area contributed by atoms with Crippen LogP contribution in [0.25, 0.3) is 0 Å². The number of fused-ring (bicyclic) bond motifs is 1. The van der Waals surface area contributed by atoms with E-state index in [0.717, 1.165) is 25.1 Å². The molecule has 0 aliphatic carbocycles. The number of benzene rings is 1. The molecule has 0 bridgehead atoms. The van der Waals surface area contributed by atoms with Crippen LogP contribution >= 0.6 is 0 Å². The summed E-state index contributed by atoms with van der Waals surface area (Å²) in [5, 5.41) is 3.24. The first-order valence-corrected chi connectivity index (χ1v) is 7.43. The molecule has 0 radical (unpaired) electrons. The number of hydrogen-bond acceptors (Lipinski definition) is 4. The van der Waals surface area contributed by atoms with E-state index >= 15 is 0 Å². The topological polar surface area (TPSA) is 67.4 Å². The highest BCUT2D eigenvalue weighted by Crippen LogP contribution is 2.18. The van der Waals surface area contributed by atoms with Crippen LogP contribution in [-0.4, -0.2) is 35.2 Å². The van der Waals surface area contributed by atoms with Crippen molar-refractivity contribution in [2.75, 3.05) is 26.8 Å². The number of nitrogens with one attached hydrogen (secondary N) is 2. The van der Waals surface area contributed by atoms with E-state index in [-0.39, 0.29) is 6.54 Å². The van der Waals surface area contributed by atoms with Crippen molar-refractivity contribution in [3.63, 3.8) is 0 Å². The molecule has 1 aromatic rings. The Morgan fingerprint density at radius 3 is 3.00 bits per heavy atom. The second-order valence-electron chi connectivity index (χ2n) is 4.25. The van der Waals surface area contributed by atoms with E-state index < -0.39 is 10.0 Å². The summed E-state index contributed by atoms with van der Waals surface area (Å²) < 4.78 is 31.3. The molecule has 1 aliphatic heterocycles. The molecule has 0 saturated heterocycles. The zero-order valence-electron chi connectivity index (χ0n) is 10.4. The Morgan fingerprint density at radius 2 is 2.22 bits per heavy atom. The van der Waals surface area contributed by atoms with Gasteiger partial charge in [-0.05, 0) is 36.2 Å². The minimum absolute atomic E-state index is 0.286. The molecule has 2 rings (SSSR count). The zero-order chi connectivity index (χ0) is 13.0. The third-order valence-corrected chi connectivity index (χ3v) is 4.43. The molecular weight excluding hydrogens is 252 g/mol. The van der Waals surface area contributed by atoms with Gasteiger partial charge in [0.25, 0.3) is 0 Å². The van der Waals surface area contributed by atoms with Gasteiger partial charge < -0.3 is 10.1 Å². The van der Waals surface area contributed by atoms with Gasteiger partial charge in [0, 0.05) is 20.2 Å². The molecule has 0 spiro atoms. The van der Waals surface area contributed by atoms with Gasteiger partial charge in [0.15, 0.2) is 0 Å². The van der Waals surface area contributed by atoms with E-state index in [1.165, 1.54) is 5.56 Å². The molecule has 0 aromatic heterocycles. The Kier molecular flexibility index (Phi) is 4.34. The summed E-state index contributed by atoms with van der Waals surface area (Å²) in [5.74, 6) is 0. The Morgan fingerprint density at radius 1 is 1.39 bits per heavy atom. The predicted molar refractivity (Wildman–Crippen MR) is 68.9 cm³/mol. The fraction of sp³-hybridized carbons (Fsp3) is 0.500. The standard InChI is InChI=1S/C12H18N2O3S/c1-17-7-6-14-18(15,16)12-3-2-10-4-5-13-9-11(10)8-12/h2-3,8,13-14H,4-7,9H2,1H3. The summed E-state index contributed by atoms with van der Waals surface area (Å²) >= 11 is 0. The van der Waals surface area contributed by atoms with Crippen LogP contribution in [0.15, 0.2) is 23.1 Å². The van der Waals surface area contributed by atoms with Crippen molar-refractivity contribution in [3.05, 3.63) is 29.3 Å². The van der Waals surface area contributed by atoms with Gasteiger partial charge in [0.2, 0.25) is 10.0 Å². The first-order chi connectivity index (χ1) is 8.63. The first kappa shape index (κ1) is 13.5. The van der Waals surface area contributed by atoms with Crippen molar-refractivity contribution < 1.29 is 13.2 Å². The molecule has 1 heterocycles. The van der Waals surface area contributed by atoms with Crippen LogP contribution in [-0.2, 0) is 27.7 Å². The van der Waals surface area contributed by atoms with Gasteiger partial charge in [0.05, 0.1) is 11.5 Å². The minimum Gasteiger partial charge on any atom is -0.383 e. The minimum atomic E-state index is -3.42. The van der Waals surface area contributed by atoms with E-state index in [1.54, 1.807) is 19.2 Å². The highest BCUT2D eigenvalue weighted by Gasteiger charge is 2.16. The average molecular weight is 270 g/mol. The fourth-order valence-corrected chi connectivity index (χ4v) is 3.05. The summed E-state index contributed by atoms with van der Waals surface area (Å²) in [4.78, 5) is 0.320. The molecule has 5 nitrogen and oxygen atoms in total. The van der Waals surface area contributed by atoms with Crippen LogP contribution in [0.2, 0.25) is 0 Å². The Labute approximate surface area is 108 Å². The van der Waals surface area contributed by atoms with E-state index in [1.807, 2.05) is 6.07 Å². The van der Waals surface area contributed by atoms with Gasteiger partial charge in [0.1, 0.15) is 0 Å². The number of sulfonamides is 1. The molecule has 0 amide bonds. The first-order valence-electron chi connectivity index (χ1n) is 5.94. The lowest BCUT2D eigenvalue weighted by atomic mass is 10.0. The van der Waals surface area contributed by atoms with Crippen molar-refractivity contribution in [1.29, 1.82) is 0 Å². The fourth-order valence-electron chi connectivity index (χ4n) is 1.99. The Bertz CT molecular complexity index is 514. The maximum atomic E-state index is 12.0. The molecule has 18 heavy (non-hydrogen) atoms. The molecule has 0 unspecified atom stereocenters. The van der Waals surface area contributed by atoms with Crippen LogP contribution in [0, 0.1) is 0 Å². The van der Waals surface area contributed by atoms with Crippen molar-refractivity contribution in [1.82, 2.24) is 10.0 Å². The van der Waals surface area contributed by atoms with Gasteiger partial charge >= 0.3 is 0 Å². The maximum Gasteiger partial charge on any atom is 0.240 e. The van der Waals surface area contributed by atoms with E-state index in [9.17, 15) is 8.42 Å². The number of hydrogen-bond donors (Lipinski definition) is 2. The van der Waals surface area contributed by atoms with E-state index in [2.05, 4.69) is 10.0 Å². The van der Waals surface area contributed by atoms with Crippen LogP contribution in [0.5, 0.6) is 0 Å². The summed E-state index contributed by atoms with van der Waals surface area (Å²) in [6.07, 6.45) is 0.951. The van der Waals surface area contributed by atoms with Crippen molar-refractivity contribution in [3.8, 4) is 0 Å². The van der Waals surface area contributed by atoms with E-state index in [0.29, 0.717) is 11.5 Å². The largest absolute Gasteiger partial charge is 0.383 e. The second-order valence-corrected chi connectivity index (χ2v) is 6.01. The molecule has 0 atom stereocenters. The monoisotopic (exact) mass is 270 g/mol. The molecule has 6 heteroatoms. The van der Waals surface area contributed by atoms with Crippen LogP contribution in [0.3, 0.4) is 0 Å². The lowest BCUT2D eigenvalue weighted by Gasteiger charge is -2.18. The lowest BCUT2D eigenvalue weighted by Crippen LogP contribution is -2.28. The van der Waals surface area contributed by atoms with Crippen LogP contribution in [0.4, 0.5) is 0 Å². The van der Waals surface area contributed by atoms with Crippen molar-refractivity contribution >= 4 is 10.0 Å². The molecule has 1 aliphatic rings. The number of ether oxygens (including phenoxy) is 1. The second kappa shape index (κ2) is 5.79. The highest BCUT2D eigenvalue weighted by atomic mass is 32.2. The summed E-state index contributed by atoms with van der Waals surface area (Å²) in [6, 6.07) is 5.32. The molecule has 2 N–H and O–H groups in total. The van der Waals surface area contributed by atoms with Crippen molar-refractivity contribution in [2.45, 2.75) is 17.9 Å². The summed E-state index contributed by atoms with van der Waals surface area (Å²) in [7, 11) is -1.88. The van der Waals surface area contributed by atoms with Gasteiger partial charge in [-0.1, -0.05) is 6.07 Å². The molecular formula is C12H18N2O3S. The number of rotatable bonds is 5. The average Bonchev–Trinajstić information content (AvgIpc) is 2.38. The van der Waals surface area contributed by atoms with Gasteiger partial charge in [-0.2, -0.15) is 0 Å². The number of methoxy groups -OCH3 is 1. The quantitative estimate of drug-likeness (QED) is 0.753. The Balaban J connectivity index is 2.17. The van der Waals surface area contributed by atoms with Gasteiger partial charge in [-0.15, -0.1) is 0 Å². The third-order valence-electron chi connectivity index (χ3n) is 2.97. The van der Waals surface area contributed by atoms with Crippen LogP contribution in [0.1, 0.15) is 11.1 Å². The Hall–Kier alpha value is -0.950. The molecule has 0 fully saturated rings. The SMILES string of the molecule is COCCNS(=O)(=O)c1ccc2c(c1)CNCC2. The van der Waals surface area contributed by atoms with Gasteiger partial charge in [-0.25, -0.2) is 13.1 Å². The van der Waals surface area contributed by atoms with E-state index in [4.69, 9.17) is 4.74 Å². The summed E-state index contributed by atoms with van der Waals surface area (Å²) in [6.45, 7) is 2.34. The summed E-state index contributed by atoms with van der Waals surface area (Å²) in [5.41, 5.74) is 2.29. The lowest BCUT2D eigenvalue weighted by molar-refractivity contribution is 0.204. The van der Waals surface area contributed by atoms with Crippen molar-refractivity contribution in [2.24, 2.45) is 0 Å². The predicted octanol–water partition coefficient (Wildman–Crippen LogP) is 0.257. The zero-order valence-corrected chi connectivity index (χ0v) is 11.2. The third kappa shape index (κ3) is 3.08. The molecule has 0 saturated carbocycles.